The van der Waals surface area contributed by atoms with Crippen molar-refractivity contribution in [2.24, 2.45) is 11.8 Å². The van der Waals surface area contributed by atoms with Gasteiger partial charge in [-0.3, -0.25) is 10.00 Å². The van der Waals surface area contributed by atoms with E-state index in [1.54, 1.807) is 6.07 Å². The normalized spacial score (nSPS) is 28.2. The number of aromatic amines is 1. The molecule has 0 spiro atoms. The maximum Gasteiger partial charge on any atom is 0.123 e. The van der Waals surface area contributed by atoms with E-state index in [2.05, 4.69) is 15.1 Å². The van der Waals surface area contributed by atoms with Crippen LogP contribution >= 0.6 is 0 Å². The molecule has 2 N–H and O–H groups in total. The topological polar surface area (TPSA) is 52.1 Å². The van der Waals surface area contributed by atoms with Crippen molar-refractivity contribution in [3.8, 4) is 11.3 Å². The van der Waals surface area contributed by atoms with E-state index in [1.807, 2.05) is 12.3 Å². The summed E-state index contributed by atoms with van der Waals surface area (Å²) in [6.07, 6.45) is 3.96. The molecule has 1 saturated carbocycles. The molecule has 116 valence electrons. The first-order valence-electron chi connectivity index (χ1n) is 7.89. The number of hydrogen-bond acceptors (Lipinski definition) is 3. The van der Waals surface area contributed by atoms with E-state index in [9.17, 15) is 9.50 Å². The molecule has 1 saturated heterocycles. The Hall–Kier alpha value is -1.72. The highest BCUT2D eigenvalue weighted by atomic mass is 19.1. The first kappa shape index (κ1) is 13.9. The predicted octanol–water partition coefficient (Wildman–Crippen LogP) is 2.42. The molecule has 1 unspecified atom stereocenters. The van der Waals surface area contributed by atoms with Gasteiger partial charge in [0.2, 0.25) is 0 Å². The Balaban J connectivity index is 1.54. The Kier molecular flexibility index (Phi) is 3.47. The minimum atomic E-state index is -0.239. The van der Waals surface area contributed by atoms with Crippen LogP contribution in [-0.4, -0.2) is 39.4 Å². The number of nitrogens with zero attached hydrogens (tertiary/aromatic N) is 2. The van der Waals surface area contributed by atoms with Gasteiger partial charge in [0.1, 0.15) is 5.82 Å². The highest BCUT2D eigenvalue weighted by molar-refractivity contribution is 5.62. The number of benzene rings is 1. The van der Waals surface area contributed by atoms with Gasteiger partial charge in [-0.05, 0) is 36.8 Å². The number of likely N-dealkylation sites (tertiary alicyclic amines) is 1. The lowest BCUT2D eigenvalue weighted by atomic mass is 9.94. The minimum Gasteiger partial charge on any atom is -0.392 e. The molecule has 0 amide bonds. The summed E-state index contributed by atoms with van der Waals surface area (Å²) in [5, 5.41) is 17.3. The Morgan fingerprint density at radius 2 is 2.05 bits per heavy atom. The van der Waals surface area contributed by atoms with Gasteiger partial charge in [0.25, 0.3) is 0 Å². The van der Waals surface area contributed by atoms with Crippen LogP contribution in [0.2, 0.25) is 0 Å². The van der Waals surface area contributed by atoms with Gasteiger partial charge in [-0.25, -0.2) is 4.39 Å². The number of nitrogens with one attached hydrogen (secondary N) is 1. The summed E-state index contributed by atoms with van der Waals surface area (Å²) < 4.78 is 13.4. The molecule has 22 heavy (non-hydrogen) atoms. The van der Waals surface area contributed by atoms with E-state index < -0.39 is 0 Å². The van der Waals surface area contributed by atoms with E-state index >= 15 is 0 Å². The second kappa shape index (κ2) is 5.48. The van der Waals surface area contributed by atoms with Crippen LogP contribution in [0, 0.1) is 17.7 Å². The molecule has 1 aliphatic carbocycles. The monoisotopic (exact) mass is 301 g/mol. The van der Waals surface area contributed by atoms with Gasteiger partial charge in [-0.1, -0.05) is 12.1 Å². The molecule has 2 heterocycles. The zero-order valence-corrected chi connectivity index (χ0v) is 12.4. The molecule has 2 bridgehead atoms. The van der Waals surface area contributed by atoms with Crippen LogP contribution < -0.4 is 0 Å². The second-order valence-electron chi connectivity index (χ2n) is 6.56. The fourth-order valence-electron chi connectivity index (χ4n) is 3.99. The minimum absolute atomic E-state index is 0.122. The van der Waals surface area contributed by atoms with Crippen molar-refractivity contribution < 1.29 is 9.50 Å². The summed E-state index contributed by atoms with van der Waals surface area (Å²) >= 11 is 0. The quantitative estimate of drug-likeness (QED) is 0.915. The van der Waals surface area contributed by atoms with Crippen molar-refractivity contribution in [1.82, 2.24) is 15.1 Å². The maximum absolute atomic E-state index is 13.4. The van der Waals surface area contributed by atoms with Crippen LogP contribution in [0.1, 0.15) is 18.4 Å². The number of fused-ring (bicyclic) bond motifs is 2. The summed E-state index contributed by atoms with van der Waals surface area (Å²) in [4.78, 5) is 2.39. The van der Waals surface area contributed by atoms with Crippen LogP contribution in [0.3, 0.4) is 0 Å². The van der Waals surface area contributed by atoms with Gasteiger partial charge in [-0.2, -0.15) is 5.10 Å². The molecule has 2 aromatic rings. The molecule has 5 heteroatoms. The van der Waals surface area contributed by atoms with Gasteiger partial charge in [0, 0.05) is 30.8 Å². The Morgan fingerprint density at radius 3 is 2.77 bits per heavy atom. The average Bonchev–Trinajstić information content (AvgIpc) is 3.01. The fourth-order valence-corrected chi connectivity index (χ4v) is 3.99. The first-order valence-corrected chi connectivity index (χ1v) is 7.89. The predicted molar refractivity (Wildman–Crippen MR) is 81.5 cm³/mol. The largest absolute Gasteiger partial charge is 0.392 e. The van der Waals surface area contributed by atoms with E-state index in [0.29, 0.717) is 11.8 Å². The van der Waals surface area contributed by atoms with E-state index in [1.165, 1.54) is 12.1 Å². The van der Waals surface area contributed by atoms with Crippen molar-refractivity contribution in [2.75, 3.05) is 13.1 Å². The third-order valence-electron chi connectivity index (χ3n) is 5.08. The summed E-state index contributed by atoms with van der Waals surface area (Å²) in [6, 6.07) is 6.58. The van der Waals surface area contributed by atoms with Crippen molar-refractivity contribution in [3.63, 3.8) is 0 Å². The number of halogens is 1. The van der Waals surface area contributed by atoms with Crippen molar-refractivity contribution >= 4 is 0 Å². The van der Waals surface area contributed by atoms with Gasteiger partial charge in [-0.15, -0.1) is 0 Å². The van der Waals surface area contributed by atoms with Crippen LogP contribution in [0.5, 0.6) is 0 Å². The van der Waals surface area contributed by atoms with Gasteiger partial charge < -0.3 is 5.11 Å². The number of aliphatic hydroxyl groups excluding tert-OH is 1. The van der Waals surface area contributed by atoms with Gasteiger partial charge >= 0.3 is 0 Å². The first-order chi connectivity index (χ1) is 10.7. The zero-order valence-electron chi connectivity index (χ0n) is 12.4. The standard InChI is InChI=1S/C17H20FN3O/c18-15-3-1-2-11(6-15)16-14(7-19-20-16)10-21-8-12-4-5-13(9-21)17(12)22/h1-3,6-7,12-13,17,22H,4-5,8-10H2,(H,19,20)/t12-,13+,17?. The molecule has 4 nitrogen and oxygen atoms in total. The van der Waals surface area contributed by atoms with Crippen LogP contribution in [0.15, 0.2) is 30.5 Å². The third-order valence-corrected chi connectivity index (χ3v) is 5.08. The highest BCUT2D eigenvalue weighted by Gasteiger charge is 2.40. The molecule has 4 rings (SSSR count). The SMILES string of the molecule is OC1[C@@H]2CC[C@H]1CN(Cc1cn[nH]c1-c1cccc(F)c1)C2. The van der Waals surface area contributed by atoms with E-state index in [-0.39, 0.29) is 11.9 Å². The number of rotatable bonds is 3. The highest BCUT2D eigenvalue weighted by Crippen LogP contribution is 2.37. The Labute approximate surface area is 129 Å². The summed E-state index contributed by atoms with van der Waals surface area (Å²) in [5.41, 5.74) is 2.80. The lowest BCUT2D eigenvalue weighted by Gasteiger charge is -2.35. The molecule has 1 aliphatic heterocycles. The summed E-state index contributed by atoms with van der Waals surface area (Å²) in [7, 11) is 0. The van der Waals surface area contributed by atoms with Crippen LogP contribution in [0.4, 0.5) is 4.39 Å². The van der Waals surface area contributed by atoms with Crippen LogP contribution in [0.25, 0.3) is 11.3 Å². The smallest absolute Gasteiger partial charge is 0.123 e. The van der Waals surface area contributed by atoms with Crippen molar-refractivity contribution in [1.29, 1.82) is 0 Å². The van der Waals surface area contributed by atoms with E-state index in [4.69, 9.17) is 0 Å². The number of aliphatic hydroxyl groups is 1. The number of hydrogen-bond donors (Lipinski definition) is 2. The lowest BCUT2D eigenvalue weighted by molar-refractivity contribution is 0.0139. The molecule has 1 aromatic heterocycles. The second-order valence-corrected chi connectivity index (χ2v) is 6.56. The molecule has 1 aromatic carbocycles. The third kappa shape index (κ3) is 2.44. The Bertz CT molecular complexity index is 657. The maximum atomic E-state index is 13.4. The van der Waals surface area contributed by atoms with Gasteiger partial charge in [0.15, 0.2) is 0 Å². The zero-order chi connectivity index (χ0) is 15.1. The molecule has 0 radical (unpaired) electrons. The summed E-state index contributed by atoms with van der Waals surface area (Å²) in [6.45, 7) is 2.67. The average molecular weight is 301 g/mol. The number of aromatic nitrogens is 2. The number of H-pyrrole nitrogens is 1. The molecule has 2 aliphatic rings. The molecule has 3 atom stereocenters. The van der Waals surface area contributed by atoms with Crippen molar-refractivity contribution in [2.45, 2.75) is 25.5 Å². The molecule has 2 fully saturated rings. The fraction of sp³-hybridized carbons (Fsp3) is 0.471. The van der Waals surface area contributed by atoms with Gasteiger partial charge in [0.05, 0.1) is 18.0 Å². The van der Waals surface area contributed by atoms with E-state index in [0.717, 1.165) is 49.3 Å². The lowest BCUT2D eigenvalue weighted by Crippen LogP contribution is -2.44. The molecular formula is C17H20FN3O. The number of piperidine rings is 1. The summed E-state index contributed by atoms with van der Waals surface area (Å²) in [5.74, 6) is 0.573. The Morgan fingerprint density at radius 1 is 1.27 bits per heavy atom. The van der Waals surface area contributed by atoms with Crippen molar-refractivity contribution in [3.05, 3.63) is 41.8 Å². The molecular weight excluding hydrogens is 281 g/mol. The van der Waals surface area contributed by atoms with Crippen LogP contribution in [-0.2, 0) is 6.54 Å².